The fraction of sp³-hybridized carbons (Fsp3) is 0.393. The molecule has 1 aliphatic heterocycles. The van der Waals surface area contributed by atoms with E-state index in [0.717, 1.165) is 19.6 Å². The van der Waals surface area contributed by atoms with Crippen molar-refractivity contribution >= 4 is 17.1 Å². The van der Waals surface area contributed by atoms with Gasteiger partial charge in [0.15, 0.2) is 11.2 Å². The summed E-state index contributed by atoms with van der Waals surface area (Å²) < 4.78 is 16.2. The van der Waals surface area contributed by atoms with E-state index in [0.29, 0.717) is 24.6 Å². The average molecular weight is 507 g/mol. The highest BCUT2D eigenvalue weighted by Gasteiger charge is 2.25. The fourth-order valence-corrected chi connectivity index (χ4v) is 4.72. The van der Waals surface area contributed by atoms with E-state index in [4.69, 9.17) is 0 Å². The number of nitrogens with zero attached hydrogens (tertiary/aromatic N) is 4. The van der Waals surface area contributed by atoms with Crippen molar-refractivity contribution in [1.29, 1.82) is 0 Å². The Kier molecular flexibility index (Phi) is 7.36. The van der Waals surface area contributed by atoms with Gasteiger partial charge in [-0.25, -0.2) is 9.18 Å². The van der Waals surface area contributed by atoms with Crippen molar-refractivity contribution in [3.8, 4) is 0 Å². The van der Waals surface area contributed by atoms with Crippen molar-refractivity contribution in [2.45, 2.75) is 46.7 Å². The number of piperazine rings is 1. The molecular weight excluding hydrogens is 471 g/mol. The lowest BCUT2D eigenvalue weighted by Crippen LogP contribution is -2.47. The van der Waals surface area contributed by atoms with Gasteiger partial charge in [0.05, 0.1) is 6.54 Å². The van der Waals surface area contributed by atoms with Gasteiger partial charge in [0.2, 0.25) is 5.95 Å². The summed E-state index contributed by atoms with van der Waals surface area (Å²) in [7, 11) is 0. The molecule has 0 aliphatic carbocycles. The van der Waals surface area contributed by atoms with E-state index in [9.17, 15) is 14.0 Å². The molecule has 2 aromatic carbocycles. The van der Waals surface area contributed by atoms with Crippen LogP contribution in [0.25, 0.3) is 11.2 Å². The lowest BCUT2D eigenvalue weighted by Gasteiger charge is -2.35. The summed E-state index contributed by atoms with van der Waals surface area (Å²) in [6, 6.07) is 15.3. The molecule has 5 rings (SSSR count). The third-order valence-electron chi connectivity index (χ3n) is 6.79. The number of aromatic nitrogens is 4. The number of imidazole rings is 1. The Morgan fingerprint density at radius 3 is 2.24 bits per heavy atom. The zero-order chi connectivity index (χ0) is 25.4. The number of rotatable bonds is 5. The van der Waals surface area contributed by atoms with Crippen molar-refractivity contribution in [2.75, 3.05) is 31.1 Å². The highest BCUT2D eigenvalue weighted by molar-refractivity contribution is 5.74. The second-order valence-electron chi connectivity index (χ2n) is 10.4. The number of fused-ring (bicyclic) bond motifs is 1. The van der Waals surface area contributed by atoms with Crippen molar-refractivity contribution in [1.82, 2.24) is 24.4 Å². The zero-order valence-corrected chi connectivity index (χ0v) is 20.8. The lowest BCUT2D eigenvalue weighted by molar-refractivity contribution is 0.248. The monoisotopic (exact) mass is 506 g/mol. The number of aromatic amines is 2. The van der Waals surface area contributed by atoms with Crippen LogP contribution in [0.2, 0.25) is 0 Å². The molecule has 2 aromatic heterocycles. The standard InChI is InChI=1S/C27H31FN6O2.CH4/c1-27(2,3)20-10-8-18(9-11-20)16-32-12-14-33(15-13-32)26-30-23-22(24(35)31-25(36)29-23)34(26)17-19-6-4-5-7-21(19)28;/h4-11H,12-17H2,1-3H3,(H2,29,31,35,36);1H4. The fourth-order valence-electron chi connectivity index (χ4n) is 4.72. The number of H-pyrrole nitrogens is 2. The summed E-state index contributed by atoms with van der Waals surface area (Å²) in [5.74, 6) is 0.197. The molecule has 196 valence electrons. The second kappa shape index (κ2) is 10.3. The number of hydrogen-bond acceptors (Lipinski definition) is 5. The first kappa shape index (κ1) is 26.3. The maximum absolute atomic E-state index is 14.5. The predicted octanol–water partition coefficient (Wildman–Crippen LogP) is 3.86. The van der Waals surface area contributed by atoms with Gasteiger partial charge in [0.25, 0.3) is 5.56 Å². The summed E-state index contributed by atoms with van der Waals surface area (Å²) in [6.45, 7) is 10.7. The molecule has 2 N–H and O–H groups in total. The van der Waals surface area contributed by atoms with Crippen LogP contribution in [0.5, 0.6) is 0 Å². The SMILES string of the molecule is C.CC(C)(C)c1ccc(CN2CCN(c3nc4[nH]c(=O)[nH]c(=O)c4n3Cc3ccccc3F)CC2)cc1. The van der Waals surface area contributed by atoms with Gasteiger partial charge in [-0.15, -0.1) is 0 Å². The van der Waals surface area contributed by atoms with Crippen LogP contribution in [0.1, 0.15) is 44.9 Å². The Morgan fingerprint density at radius 1 is 0.919 bits per heavy atom. The molecule has 0 spiro atoms. The van der Waals surface area contributed by atoms with Crippen LogP contribution in [-0.4, -0.2) is 50.6 Å². The van der Waals surface area contributed by atoms with Crippen LogP contribution in [0.3, 0.4) is 0 Å². The molecule has 1 aliphatic rings. The molecule has 1 saturated heterocycles. The average Bonchev–Trinajstić information content (AvgIpc) is 3.19. The third kappa shape index (κ3) is 5.51. The molecule has 0 unspecified atom stereocenters. The first-order valence-corrected chi connectivity index (χ1v) is 12.2. The zero-order valence-electron chi connectivity index (χ0n) is 20.8. The Balaban J connectivity index is 0.00000320. The second-order valence-corrected chi connectivity index (χ2v) is 10.4. The third-order valence-corrected chi connectivity index (χ3v) is 6.79. The molecule has 0 bridgehead atoms. The molecule has 1 fully saturated rings. The van der Waals surface area contributed by atoms with E-state index in [1.165, 1.54) is 17.2 Å². The normalized spacial score (nSPS) is 14.6. The molecule has 9 heteroatoms. The summed E-state index contributed by atoms with van der Waals surface area (Å²) in [4.78, 5) is 38.5. The van der Waals surface area contributed by atoms with Crippen molar-refractivity contribution in [3.05, 3.63) is 91.9 Å². The minimum absolute atomic E-state index is 0. The van der Waals surface area contributed by atoms with Gasteiger partial charge in [-0.05, 0) is 22.6 Å². The molecule has 8 nitrogen and oxygen atoms in total. The lowest BCUT2D eigenvalue weighted by atomic mass is 9.87. The summed E-state index contributed by atoms with van der Waals surface area (Å²) in [6.07, 6.45) is 0. The van der Waals surface area contributed by atoms with E-state index in [2.05, 4.69) is 69.8 Å². The van der Waals surface area contributed by atoms with E-state index in [1.807, 2.05) is 0 Å². The van der Waals surface area contributed by atoms with Crippen LogP contribution in [0.4, 0.5) is 10.3 Å². The summed E-state index contributed by atoms with van der Waals surface area (Å²) >= 11 is 0. The first-order chi connectivity index (χ1) is 17.2. The number of benzene rings is 2. The van der Waals surface area contributed by atoms with Crippen molar-refractivity contribution in [2.24, 2.45) is 0 Å². The Hall–Kier alpha value is -3.72. The molecule has 4 aromatic rings. The first-order valence-electron chi connectivity index (χ1n) is 12.2. The number of halogens is 1. The molecule has 0 atom stereocenters. The van der Waals surface area contributed by atoms with Gasteiger partial charge in [-0.2, -0.15) is 4.98 Å². The molecular formula is C28H35FN6O2. The summed E-state index contributed by atoms with van der Waals surface area (Å²) in [5, 5.41) is 0. The van der Waals surface area contributed by atoms with Gasteiger partial charge in [-0.1, -0.05) is 70.7 Å². The minimum Gasteiger partial charge on any atom is -0.340 e. The Labute approximate surface area is 215 Å². The Morgan fingerprint density at radius 2 is 1.59 bits per heavy atom. The van der Waals surface area contributed by atoms with E-state index >= 15 is 0 Å². The van der Waals surface area contributed by atoms with E-state index in [1.54, 1.807) is 22.8 Å². The predicted molar refractivity (Wildman–Crippen MR) is 146 cm³/mol. The van der Waals surface area contributed by atoms with Crippen LogP contribution in [0, 0.1) is 5.82 Å². The van der Waals surface area contributed by atoms with Gasteiger partial charge in [0, 0.05) is 38.3 Å². The number of hydrogen-bond donors (Lipinski definition) is 2. The molecule has 37 heavy (non-hydrogen) atoms. The molecule has 0 amide bonds. The maximum atomic E-state index is 14.5. The quantitative estimate of drug-likeness (QED) is 0.429. The van der Waals surface area contributed by atoms with Crippen LogP contribution < -0.4 is 16.1 Å². The van der Waals surface area contributed by atoms with Crippen LogP contribution in [0.15, 0.2) is 58.1 Å². The van der Waals surface area contributed by atoms with Crippen LogP contribution >= 0.6 is 0 Å². The largest absolute Gasteiger partial charge is 0.340 e. The van der Waals surface area contributed by atoms with Gasteiger partial charge in [-0.3, -0.25) is 24.2 Å². The molecule has 3 heterocycles. The number of nitrogens with one attached hydrogen (secondary N) is 2. The Bertz CT molecular complexity index is 1490. The van der Waals surface area contributed by atoms with Gasteiger partial charge in [0.1, 0.15) is 5.82 Å². The molecule has 0 saturated carbocycles. The van der Waals surface area contributed by atoms with E-state index < -0.39 is 11.2 Å². The van der Waals surface area contributed by atoms with Crippen molar-refractivity contribution < 1.29 is 4.39 Å². The van der Waals surface area contributed by atoms with Crippen LogP contribution in [-0.2, 0) is 18.5 Å². The van der Waals surface area contributed by atoms with Gasteiger partial charge < -0.3 is 4.90 Å². The number of anilines is 1. The highest BCUT2D eigenvalue weighted by Crippen LogP contribution is 2.24. The minimum atomic E-state index is -0.614. The van der Waals surface area contributed by atoms with E-state index in [-0.39, 0.29) is 36.4 Å². The topological polar surface area (TPSA) is 90.0 Å². The smallest absolute Gasteiger partial charge is 0.327 e. The highest BCUT2D eigenvalue weighted by atomic mass is 19.1. The summed E-state index contributed by atoms with van der Waals surface area (Å²) in [5.41, 5.74) is 2.44. The molecule has 0 radical (unpaired) electrons. The maximum Gasteiger partial charge on any atom is 0.327 e. The van der Waals surface area contributed by atoms with Crippen molar-refractivity contribution in [3.63, 3.8) is 0 Å². The van der Waals surface area contributed by atoms with Gasteiger partial charge >= 0.3 is 5.69 Å².